The monoisotopic (exact) mass is 126 g/mol. The first kappa shape index (κ1) is 5.88. The Bertz CT molecular complexity index is 179. The Balaban J connectivity index is 2.68. The number of aliphatic hydroxyl groups excluding tert-OH is 1. The second kappa shape index (κ2) is 2.35. The summed E-state index contributed by atoms with van der Waals surface area (Å²) in [5.41, 5.74) is 0. The Morgan fingerprint density at radius 1 is 1.78 bits per heavy atom. The number of ketones is 1. The van der Waals surface area contributed by atoms with Gasteiger partial charge in [-0.15, -0.1) is 0 Å². The summed E-state index contributed by atoms with van der Waals surface area (Å²) in [4.78, 5) is 10.5. The van der Waals surface area contributed by atoms with Gasteiger partial charge < -0.3 is 9.84 Å². The molecule has 1 aliphatic rings. The second-order valence-corrected chi connectivity index (χ2v) is 1.66. The molecule has 0 saturated carbocycles. The van der Waals surface area contributed by atoms with Crippen molar-refractivity contribution in [2.24, 2.45) is 0 Å². The topological polar surface area (TPSA) is 46.5 Å². The molecule has 1 aliphatic heterocycles. The normalized spacial score (nSPS) is 22.2. The largest absolute Gasteiger partial charge is 0.512 e. The summed E-state index contributed by atoms with van der Waals surface area (Å²) in [6, 6.07) is 0. The van der Waals surface area contributed by atoms with E-state index in [1.807, 2.05) is 0 Å². The van der Waals surface area contributed by atoms with Gasteiger partial charge in [-0.1, -0.05) is 0 Å². The summed E-state index contributed by atoms with van der Waals surface area (Å²) in [5.74, 6) is 0.240. The van der Waals surface area contributed by atoms with E-state index in [9.17, 15) is 4.79 Å². The average Bonchev–Trinajstić information content (AvgIpc) is 1.88. The van der Waals surface area contributed by atoms with Gasteiger partial charge in [0.05, 0.1) is 12.7 Å². The highest BCUT2D eigenvalue weighted by Gasteiger charge is 2.07. The molecule has 0 aromatic heterocycles. The van der Waals surface area contributed by atoms with E-state index in [4.69, 9.17) is 9.84 Å². The zero-order valence-electron chi connectivity index (χ0n) is 4.70. The van der Waals surface area contributed by atoms with Crippen LogP contribution < -0.4 is 0 Å². The molecule has 3 nitrogen and oxygen atoms in total. The van der Waals surface area contributed by atoms with Crippen LogP contribution in [0.1, 0.15) is 6.42 Å². The Morgan fingerprint density at radius 2 is 2.56 bits per heavy atom. The quantitative estimate of drug-likeness (QED) is 0.490. The van der Waals surface area contributed by atoms with Crippen molar-refractivity contribution in [1.82, 2.24) is 0 Å². The number of allylic oxidation sites excluding steroid dienone is 2. The molecule has 1 rings (SSSR count). The lowest BCUT2D eigenvalue weighted by Gasteiger charge is -2.05. The lowest BCUT2D eigenvalue weighted by atomic mass is 10.2. The number of rotatable bonds is 0. The van der Waals surface area contributed by atoms with Crippen molar-refractivity contribution in [2.45, 2.75) is 6.42 Å². The van der Waals surface area contributed by atoms with Crippen LogP contribution in [0.15, 0.2) is 24.4 Å². The maximum Gasteiger partial charge on any atom is 0.166 e. The van der Waals surface area contributed by atoms with Crippen molar-refractivity contribution in [1.29, 1.82) is 0 Å². The predicted molar refractivity (Wildman–Crippen MR) is 30.6 cm³/mol. The zero-order valence-corrected chi connectivity index (χ0v) is 4.70. The molecule has 0 aromatic carbocycles. The van der Waals surface area contributed by atoms with Gasteiger partial charge in [-0.25, -0.2) is 0 Å². The summed E-state index contributed by atoms with van der Waals surface area (Å²) < 4.78 is 4.71. The molecule has 0 amide bonds. The first-order chi connectivity index (χ1) is 4.33. The molecule has 9 heavy (non-hydrogen) atoms. The molecule has 0 unspecified atom stereocenters. The molecule has 0 atom stereocenters. The van der Waals surface area contributed by atoms with Crippen LogP contribution in [0.5, 0.6) is 0 Å². The van der Waals surface area contributed by atoms with Crippen LogP contribution in [0.4, 0.5) is 0 Å². The van der Waals surface area contributed by atoms with Gasteiger partial charge >= 0.3 is 0 Å². The van der Waals surface area contributed by atoms with E-state index in [0.717, 1.165) is 6.26 Å². The maximum atomic E-state index is 10.5. The third-order valence-electron chi connectivity index (χ3n) is 0.966. The van der Waals surface area contributed by atoms with E-state index in [2.05, 4.69) is 0 Å². The van der Waals surface area contributed by atoms with Crippen LogP contribution in [0, 0.1) is 0 Å². The molecule has 0 spiro atoms. The number of hydrogen-bond acceptors (Lipinski definition) is 3. The van der Waals surface area contributed by atoms with Crippen LogP contribution in [-0.2, 0) is 9.53 Å². The van der Waals surface area contributed by atoms with E-state index >= 15 is 0 Å². The molecular formula is C6H6O3. The molecule has 1 heterocycles. The molecule has 0 aliphatic carbocycles. The van der Waals surface area contributed by atoms with Crippen LogP contribution in [0.25, 0.3) is 0 Å². The fourth-order valence-electron chi connectivity index (χ4n) is 0.546. The van der Waals surface area contributed by atoms with Gasteiger partial charge in [0.2, 0.25) is 0 Å². The third kappa shape index (κ3) is 1.32. The molecule has 1 N–H and O–H groups in total. The summed E-state index contributed by atoms with van der Waals surface area (Å²) in [6.45, 7) is 0. The Hall–Kier alpha value is -1.25. The van der Waals surface area contributed by atoms with Gasteiger partial charge in [0.15, 0.2) is 5.78 Å². The predicted octanol–water partition coefficient (Wildman–Crippen LogP) is 0.889. The van der Waals surface area contributed by atoms with Gasteiger partial charge in [0.25, 0.3) is 0 Å². The molecule has 3 heteroatoms. The van der Waals surface area contributed by atoms with Crippen molar-refractivity contribution in [2.75, 3.05) is 0 Å². The van der Waals surface area contributed by atoms with E-state index in [0.29, 0.717) is 5.76 Å². The van der Waals surface area contributed by atoms with Crippen molar-refractivity contribution >= 4 is 5.78 Å². The highest BCUT2D eigenvalue weighted by atomic mass is 16.5. The van der Waals surface area contributed by atoms with Crippen molar-refractivity contribution < 1.29 is 14.6 Å². The van der Waals surface area contributed by atoms with E-state index in [1.165, 1.54) is 12.3 Å². The SMILES string of the molecule is O=C1C=CO/C(=C/O)C1. The third-order valence-corrected chi connectivity index (χ3v) is 0.966. The van der Waals surface area contributed by atoms with E-state index in [-0.39, 0.29) is 12.2 Å². The Kier molecular flexibility index (Phi) is 1.53. The zero-order chi connectivity index (χ0) is 6.69. The van der Waals surface area contributed by atoms with E-state index in [1.54, 1.807) is 0 Å². The average molecular weight is 126 g/mol. The molecule has 0 aromatic rings. The minimum atomic E-state index is -0.0541. The first-order valence-electron chi connectivity index (χ1n) is 2.52. The molecule has 0 radical (unpaired) electrons. The first-order valence-corrected chi connectivity index (χ1v) is 2.52. The van der Waals surface area contributed by atoms with Crippen LogP contribution in [0.3, 0.4) is 0 Å². The van der Waals surface area contributed by atoms with Gasteiger partial charge in [-0.05, 0) is 0 Å². The van der Waals surface area contributed by atoms with Crippen molar-refractivity contribution in [3.05, 3.63) is 24.4 Å². The lowest BCUT2D eigenvalue weighted by molar-refractivity contribution is -0.115. The minimum Gasteiger partial charge on any atom is -0.512 e. The van der Waals surface area contributed by atoms with Crippen molar-refractivity contribution in [3.8, 4) is 0 Å². The minimum absolute atomic E-state index is 0.0541. The molecule has 0 saturated heterocycles. The molecule has 0 fully saturated rings. The van der Waals surface area contributed by atoms with E-state index < -0.39 is 0 Å². The lowest BCUT2D eigenvalue weighted by Crippen LogP contribution is -2.02. The number of carbonyl (C=O) groups excluding carboxylic acids is 1. The number of carbonyl (C=O) groups is 1. The Labute approximate surface area is 52.2 Å². The van der Waals surface area contributed by atoms with Crippen LogP contribution >= 0.6 is 0 Å². The van der Waals surface area contributed by atoms with Gasteiger partial charge in [0, 0.05) is 6.08 Å². The van der Waals surface area contributed by atoms with Gasteiger partial charge in [-0.3, -0.25) is 4.79 Å². The molecular weight excluding hydrogens is 120 g/mol. The summed E-state index contributed by atoms with van der Waals surface area (Å²) in [6.07, 6.45) is 3.54. The highest BCUT2D eigenvalue weighted by Crippen LogP contribution is 2.09. The summed E-state index contributed by atoms with van der Waals surface area (Å²) in [7, 11) is 0. The van der Waals surface area contributed by atoms with Gasteiger partial charge in [-0.2, -0.15) is 0 Å². The molecule has 48 valence electrons. The van der Waals surface area contributed by atoms with Crippen molar-refractivity contribution in [3.63, 3.8) is 0 Å². The fourth-order valence-corrected chi connectivity index (χ4v) is 0.546. The fraction of sp³-hybridized carbons (Fsp3) is 0.167. The maximum absolute atomic E-state index is 10.5. The van der Waals surface area contributed by atoms with Gasteiger partial charge in [0.1, 0.15) is 12.0 Å². The molecule has 0 bridgehead atoms. The summed E-state index contributed by atoms with van der Waals surface area (Å²) >= 11 is 0. The highest BCUT2D eigenvalue weighted by molar-refractivity contribution is 5.91. The van der Waals surface area contributed by atoms with Crippen LogP contribution in [0.2, 0.25) is 0 Å². The number of ether oxygens (including phenoxy) is 1. The Morgan fingerprint density at radius 3 is 3.00 bits per heavy atom. The standard InChI is InChI=1S/C6H6O3/c7-4-6-3-5(8)1-2-9-6/h1-2,4,7H,3H2/b6-4+. The smallest absolute Gasteiger partial charge is 0.166 e. The summed E-state index contributed by atoms with van der Waals surface area (Å²) in [5, 5.41) is 8.34. The number of aliphatic hydroxyl groups is 1. The van der Waals surface area contributed by atoms with Crippen LogP contribution in [-0.4, -0.2) is 10.9 Å². The second-order valence-electron chi connectivity index (χ2n) is 1.66. The number of hydrogen-bond donors (Lipinski definition) is 1.